The highest BCUT2D eigenvalue weighted by atomic mass is 32.1. The van der Waals surface area contributed by atoms with E-state index < -0.39 is 0 Å². The van der Waals surface area contributed by atoms with E-state index in [0.29, 0.717) is 0 Å². The summed E-state index contributed by atoms with van der Waals surface area (Å²) < 4.78 is 0. The standard InChI is InChI=1S/C9H16S2/c1-2-6-9(11)7-4-3-5-8-10/h8H,2-7H2,1H3. The van der Waals surface area contributed by atoms with Crippen molar-refractivity contribution in [1.82, 2.24) is 0 Å². The quantitative estimate of drug-likeness (QED) is 0.441. The molecule has 0 bridgehead atoms. The average Bonchev–Trinajstić information content (AvgIpc) is 1.99. The molecular weight excluding hydrogens is 172 g/mol. The molecule has 0 radical (unpaired) electrons. The first-order valence-corrected chi connectivity index (χ1v) is 5.14. The highest BCUT2D eigenvalue weighted by Crippen LogP contribution is 2.04. The minimum Gasteiger partial charge on any atom is -0.0935 e. The van der Waals surface area contributed by atoms with Crippen LogP contribution in [0.5, 0.6) is 0 Å². The lowest BCUT2D eigenvalue weighted by atomic mass is 10.1. The summed E-state index contributed by atoms with van der Waals surface area (Å²) in [5.74, 6) is 0. The van der Waals surface area contributed by atoms with Gasteiger partial charge in [0.25, 0.3) is 0 Å². The third-order valence-electron chi connectivity index (χ3n) is 1.56. The van der Waals surface area contributed by atoms with Crippen LogP contribution in [0.1, 0.15) is 45.4 Å². The third-order valence-corrected chi connectivity index (χ3v) is 2.20. The van der Waals surface area contributed by atoms with E-state index in [2.05, 4.69) is 6.92 Å². The Morgan fingerprint density at radius 1 is 1.27 bits per heavy atom. The van der Waals surface area contributed by atoms with Gasteiger partial charge in [0.1, 0.15) is 0 Å². The summed E-state index contributed by atoms with van der Waals surface area (Å²) in [6.07, 6.45) is 6.90. The summed E-state index contributed by atoms with van der Waals surface area (Å²) in [7, 11) is 0. The summed E-state index contributed by atoms with van der Waals surface area (Å²) >= 11 is 9.89. The van der Waals surface area contributed by atoms with Gasteiger partial charge in [-0.15, -0.1) is 0 Å². The number of hydrogen-bond donors (Lipinski definition) is 0. The number of thiocarbonyl (C=S) groups is 2. The van der Waals surface area contributed by atoms with Crippen LogP contribution in [0.2, 0.25) is 0 Å². The predicted molar refractivity (Wildman–Crippen MR) is 59.6 cm³/mol. The van der Waals surface area contributed by atoms with Gasteiger partial charge in [-0.25, -0.2) is 0 Å². The Kier molecular flexibility index (Phi) is 8.41. The molecule has 0 amide bonds. The molecule has 0 unspecified atom stereocenters. The van der Waals surface area contributed by atoms with Gasteiger partial charge in [0.15, 0.2) is 0 Å². The first-order chi connectivity index (χ1) is 5.31. The fraction of sp³-hybridized carbons (Fsp3) is 0.778. The Morgan fingerprint density at radius 3 is 2.55 bits per heavy atom. The van der Waals surface area contributed by atoms with E-state index in [9.17, 15) is 0 Å². The lowest BCUT2D eigenvalue weighted by Crippen LogP contribution is -1.93. The molecule has 0 aromatic carbocycles. The van der Waals surface area contributed by atoms with E-state index in [1.807, 2.05) is 5.37 Å². The van der Waals surface area contributed by atoms with E-state index in [-0.39, 0.29) is 0 Å². The molecule has 0 heterocycles. The normalized spacial score (nSPS) is 9.55. The van der Waals surface area contributed by atoms with Gasteiger partial charge in [0.2, 0.25) is 0 Å². The molecule has 0 aliphatic heterocycles. The van der Waals surface area contributed by atoms with E-state index >= 15 is 0 Å². The van der Waals surface area contributed by atoms with Crippen LogP contribution in [0.25, 0.3) is 0 Å². The SMILES string of the molecule is CCCC(=S)CCCCC=S. The molecule has 0 aliphatic rings. The van der Waals surface area contributed by atoms with Crippen LogP contribution in [0.15, 0.2) is 0 Å². The Morgan fingerprint density at radius 2 is 2.00 bits per heavy atom. The monoisotopic (exact) mass is 188 g/mol. The van der Waals surface area contributed by atoms with Crippen LogP contribution in [0.4, 0.5) is 0 Å². The van der Waals surface area contributed by atoms with Crippen molar-refractivity contribution < 1.29 is 0 Å². The Hall–Kier alpha value is 0.180. The van der Waals surface area contributed by atoms with E-state index in [0.717, 1.165) is 19.3 Å². The van der Waals surface area contributed by atoms with Gasteiger partial charge in [0, 0.05) is 0 Å². The third kappa shape index (κ3) is 8.08. The molecule has 0 aromatic heterocycles. The van der Waals surface area contributed by atoms with Gasteiger partial charge >= 0.3 is 0 Å². The zero-order valence-electron chi connectivity index (χ0n) is 7.14. The summed E-state index contributed by atoms with van der Waals surface area (Å²) in [5, 5.41) is 1.81. The van der Waals surface area contributed by atoms with Gasteiger partial charge in [-0.05, 0) is 42.3 Å². The fourth-order valence-corrected chi connectivity index (χ4v) is 1.47. The van der Waals surface area contributed by atoms with Gasteiger partial charge < -0.3 is 0 Å². The van der Waals surface area contributed by atoms with Crippen molar-refractivity contribution in [3.8, 4) is 0 Å². The highest BCUT2D eigenvalue weighted by molar-refractivity contribution is 7.80. The van der Waals surface area contributed by atoms with E-state index in [4.69, 9.17) is 24.4 Å². The van der Waals surface area contributed by atoms with Crippen molar-refractivity contribution in [2.75, 3.05) is 0 Å². The van der Waals surface area contributed by atoms with Crippen molar-refractivity contribution in [2.45, 2.75) is 45.4 Å². The van der Waals surface area contributed by atoms with E-state index in [1.165, 1.54) is 24.1 Å². The lowest BCUT2D eigenvalue weighted by Gasteiger charge is -1.99. The van der Waals surface area contributed by atoms with E-state index in [1.54, 1.807) is 0 Å². The maximum Gasteiger partial charge on any atom is -0.00716 e. The van der Waals surface area contributed by atoms with Crippen LogP contribution in [-0.4, -0.2) is 10.2 Å². The number of unbranched alkanes of at least 4 members (excludes halogenated alkanes) is 2. The zero-order valence-corrected chi connectivity index (χ0v) is 8.77. The van der Waals surface area contributed by atoms with Crippen molar-refractivity contribution in [3.63, 3.8) is 0 Å². The maximum atomic E-state index is 5.17. The largest absolute Gasteiger partial charge is 0.0935 e. The molecular formula is C9H16S2. The van der Waals surface area contributed by atoms with Gasteiger partial charge in [-0.1, -0.05) is 37.8 Å². The summed E-state index contributed by atoms with van der Waals surface area (Å²) in [5.41, 5.74) is 0. The number of hydrogen-bond acceptors (Lipinski definition) is 2. The molecule has 0 aliphatic carbocycles. The lowest BCUT2D eigenvalue weighted by molar-refractivity contribution is 0.796. The predicted octanol–water partition coefficient (Wildman–Crippen LogP) is 3.72. The van der Waals surface area contributed by atoms with Crippen molar-refractivity contribution in [3.05, 3.63) is 0 Å². The highest BCUT2D eigenvalue weighted by Gasteiger charge is 1.94. The van der Waals surface area contributed by atoms with Crippen molar-refractivity contribution in [2.24, 2.45) is 0 Å². The zero-order chi connectivity index (χ0) is 8.53. The minimum absolute atomic E-state index is 1.06. The molecule has 0 fully saturated rings. The molecule has 0 nitrogen and oxygen atoms in total. The molecule has 0 saturated carbocycles. The molecule has 0 saturated heterocycles. The van der Waals surface area contributed by atoms with Crippen LogP contribution in [0, 0.1) is 0 Å². The molecule has 0 aromatic rings. The molecule has 0 spiro atoms. The second kappa shape index (κ2) is 8.28. The summed E-state index contributed by atoms with van der Waals surface area (Å²) in [6, 6.07) is 0. The molecule has 64 valence electrons. The molecule has 0 rings (SSSR count). The molecule has 11 heavy (non-hydrogen) atoms. The first-order valence-electron chi connectivity index (χ1n) is 4.26. The molecule has 0 N–H and O–H groups in total. The molecule has 0 atom stereocenters. The van der Waals surface area contributed by atoms with Crippen molar-refractivity contribution in [1.29, 1.82) is 0 Å². The minimum atomic E-state index is 1.06. The Bertz CT molecular complexity index is 119. The van der Waals surface area contributed by atoms with Gasteiger partial charge in [0.05, 0.1) is 0 Å². The van der Waals surface area contributed by atoms with Crippen LogP contribution < -0.4 is 0 Å². The van der Waals surface area contributed by atoms with Crippen LogP contribution in [-0.2, 0) is 0 Å². The van der Waals surface area contributed by atoms with Crippen LogP contribution >= 0.6 is 24.4 Å². The van der Waals surface area contributed by atoms with Crippen molar-refractivity contribution >= 4 is 34.7 Å². The number of rotatable bonds is 7. The smallest absolute Gasteiger partial charge is 0.00716 e. The Labute approximate surface area is 80.4 Å². The van der Waals surface area contributed by atoms with Gasteiger partial charge in [-0.2, -0.15) is 0 Å². The van der Waals surface area contributed by atoms with Gasteiger partial charge in [-0.3, -0.25) is 0 Å². The fourth-order valence-electron chi connectivity index (χ4n) is 0.954. The summed E-state index contributed by atoms with van der Waals surface area (Å²) in [6.45, 7) is 2.17. The maximum absolute atomic E-state index is 5.17. The van der Waals surface area contributed by atoms with Crippen LogP contribution in [0.3, 0.4) is 0 Å². The second-order valence-corrected chi connectivity index (χ2v) is 3.61. The first kappa shape index (κ1) is 11.2. The Balaban J connectivity index is 3.10. The molecule has 2 heteroatoms. The summed E-state index contributed by atoms with van der Waals surface area (Å²) in [4.78, 5) is 1.23. The average molecular weight is 188 g/mol. The topological polar surface area (TPSA) is 0 Å². The second-order valence-electron chi connectivity index (χ2n) is 2.70.